The van der Waals surface area contributed by atoms with E-state index in [1.165, 1.54) is 16.0 Å². The average Bonchev–Trinajstić information content (AvgIpc) is 3.34. The van der Waals surface area contributed by atoms with Gasteiger partial charge in [0, 0.05) is 10.6 Å². The first-order valence-electron chi connectivity index (χ1n) is 11.0. The molecule has 176 valence electrons. The molecule has 0 spiro atoms. The summed E-state index contributed by atoms with van der Waals surface area (Å²) in [5.74, 6) is 2.15. The minimum absolute atomic E-state index is 0.291. The van der Waals surface area contributed by atoms with Crippen molar-refractivity contribution in [1.29, 1.82) is 0 Å². The maximum Gasteiger partial charge on any atom is 0.416 e. The quantitative estimate of drug-likeness (QED) is 0.185. The Morgan fingerprint density at radius 1 is 1.00 bits per heavy atom. The molecule has 0 heterocycles. The second-order valence-electron chi connectivity index (χ2n) is 7.99. The number of fused-ring (bicyclic) bond motifs is 1. The highest BCUT2D eigenvalue weighted by Crippen LogP contribution is 2.40. The molecule has 0 saturated heterocycles. The zero-order valence-electron chi connectivity index (χ0n) is 18.9. The van der Waals surface area contributed by atoms with E-state index in [1.54, 1.807) is 31.0 Å². The summed E-state index contributed by atoms with van der Waals surface area (Å²) >= 11 is 1.75. The van der Waals surface area contributed by atoms with Crippen LogP contribution in [0.25, 0.3) is 11.1 Å². The molecule has 3 aromatic rings. The van der Waals surface area contributed by atoms with Crippen molar-refractivity contribution in [2.24, 2.45) is 0 Å². The lowest BCUT2D eigenvalue weighted by molar-refractivity contribution is -0.137. The average molecular weight is 483 g/mol. The monoisotopic (exact) mass is 482 g/mol. The molecule has 0 unspecified atom stereocenters. The highest BCUT2D eigenvalue weighted by atomic mass is 32.2. The highest BCUT2D eigenvalue weighted by molar-refractivity contribution is 7.98. The van der Waals surface area contributed by atoms with Crippen LogP contribution in [0, 0.1) is 0 Å². The first-order chi connectivity index (χ1) is 16.4. The first kappa shape index (κ1) is 24.1. The Hall–Kier alpha value is -3.08. The number of rotatable bonds is 8. The Morgan fingerprint density at radius 3 is 2.44 bits per heavy atom. The summed E-state index contributed by atoms with van der Waals surface area (Å²) < 4.78 is 50.0. The third-order valence-corrected chi connectivity index (χ3v) is 7.07. The van der Waals surface area contributed by atoms with Crippen LogP contribution >= 0.6 is 11.8 Å². The molecule has 0 bridgehead atoms. The zero-order chi connectivity index (χ0) is 24.1. The molecule has 3 aromatic carbocycles. The molecule has 1 aliphatic carbocycles. The van der Waals surface area contributed by atoms with Crippen LogP contribution in [0.2, 0.25) is 0 Å². The van der Waals surface area contributed by atoms with Gasteiger partial charge in [-0.2, -0.15) is 13.2 Å². The molecule has 0 atom stereocenters. The van der Waals surface area contributed by atoms with Gasteiger partial charge in [-0.05, 0) is 71.3 Å². The second kappa shape index (κ2) is 10.5. The van der Waals surface area contributed by atoms with Gasteiger partial charge in [-0.25, -0.2) is 0 Å². The van der Waals surface area contributed by atoms with Gasteiger partial charge in [0.1, 0.15) is 5.75 Å². The molecule has 6 heteroatoms. The molecule has 0 saturated carbocycles. The normalized spacial score (nSPS) is 12.7. The third kappa shape index (κ3) is 5.35. The van der Waals surface area contributed by atoms with Gasteiger partial charge >= 0.3 is 6.18 Å². The molecule has 34 heavy (non-hydrogen) atoms. The summed E-state index contributed by atoms with van der Waals surface area (Å²) in [5, 5.41) is 0. The van der Waals surface area contributed by atoms with Crippen molar-refractivity contribution < 1.29 is 22.6 Å². The second-order valence-corrected chi connectivity index (χ2v) is 9.00. The number of hydrogen-bond acceptors (Lipinski definition) is 3. The molecule has 4 rings (SSSR count). The summed E-state index contributed by atoms with van der Waals surface area (Å²) in [5.41, 5.74) is 7.46. The number of alkyl halides is 3. The molecule has 0 N–H and O–H groups in total. The lowest BCUT2D eigenvalue weighted by atomic mass is 9.99. The number of ether oxygens (including phenoxy) is 2. The number of methoxy groups -OCH3 is 1. The van der Waals surface area contributed by atoms with Gasteiger partial charge in [-0.1, -0.05) is 48.7 Å². The van der Waals surface area contributed by atoms with Gasteiger partial charge in [0.05, 0.1) is 12.7 Å². The lowest BCUT2D eigenvalue weighted by Crippen LogP contribution is -2.04. The lowest BCUT2D eigenvalue weighted by Gasteiger charge is -2.15. The Balaban J connectivity index is 1.53. The van der Waals surface area contributed by atoms with Crippen LogP contribution in [-0.2, 0) is 29.5 Å². The van der Waals surface area contributed by atoms with Gasteiger partial charge in [-0.15, -0.1) is 11.8 Å². The largest absolute Gasteiger partial charge is 0.489 e. The van der Waals surface area contributed by atoms with Gasteiger partial charge in [0.25, 0.3) is 0 Å². The molecule has 2 nitrogen and oxygen atoms in total. The van der Waals surface area contributed by atoms with Crippen LogP contribution in [0.3, 0.4) is 0 Å². The summed E-state index contributed by atoms with van der Waals surface area (Å²) in [6, 6.07) is 17.3. The van der Waals surface area contributed by atoms with Crippen LogP contribution in [-0.4, -0.2) is 13.7 Å². The minimum atomic E-state index is -4.34. The van der Waals surface area contributed by atoms with Crippen molar-refractivity contribution in [2.45, 2.75) is 36.1 Å². The predicted octanol–water partition coefficient (Wildman–Crippen LogP) is 7.85. The Kier molecular flexibility index (Phi) is 7.40. The maximum absolute atomic E-state index is 12.9. The summed E-state index contributed by atoms with van der Waals surface area (Å²) in [7, 11) is 1.57. The Labute approximate surface area is 202 Å². The summed E-state index contributed by atoms with van der Waals surface area (Å²) in [4.78, 5) is 1.22. The van der Waals surface area contributed by atoms with E-state index in [-0.39, 0.29) is 0 Å². The van der Waals surface area contributed by atoms with Crippen LogP contribution in [0.5, 0.6) is 5.75 Å². The van der Waals surface area contributed by atoms with E-state index in [2.05, 4.69) is 18.4 Å². The molecule has 0 aromatic heterocycles. The van der Waals surface area contributed by atoms with Crippen molar-refractivity contribution in [1.82, 2.24) is 0 Å². The smallest absolute Gasteiger partial charge is 0.416 e. The van der Waals surface area contributed by atoms with Crippen molar-refractivity contribution >= 4 is 11.8 Å². The maximum atomic E-state index is 12.9. The van der Waals surface area contributed by atoms with E-state index in [4.69, 9.17) is 9.47 Å². The molecular formula is C28H25F3O2S. The number of halogens is 3. The standard InChI is InChI=1S/C28H25F3O2S/c1-3-22(32-2)17-33-26-15-16-27(25-10-6-9-24(25)26)34-18-20-7-4-5-8-23(20)19-11-13-21(14-12-19)28(29,30)31/h4-5,7-8,11-16H,1,6,9-10,17-18H2,2H3. The van der Waals surface area contributed by atoms with E-state index in [0.29, 0.717) is 12.4 Å². The van der Waals surface area contributed by atoms with Crippen LogP contribution < -0.4 is 4.74 Å². The van der Waals surface area contributed by atoms with Crippen LogP contribution in [0.15, 0.2) is 83.6 Å². The fourth-order valence-corrected chi connectivity index (χ4v) is 5.28. The Morgan fingerprint density at radius 2 is 1.74 bits per heavy atom. The number of benzene rings is 3. The molecular weight excluding hydrogens is 457 g/mol. The third-order valence-electron chi connectivity index (χ3n) is 5.92. The van der Waals surface area contributed by atoms with Crippen LogP contribution in [0.4, 0.5) is 13.2 Å². The van der Waals surface area contributed by atoms with Crippen LogP contribution in [0.1, 0.15) is 28.7 Å². The minimum Gasteiger partial charge on any atom is -0.489 e. The zero-order valence-corrected chi connectivity index (χ0v) is 19.7. The fraction of sp³-hybridized carbons (Fsp3) is 0.250. The predicted molar refractivity (Wildman–Crippen MR) is 130 cm³/mol. The van der Waals surface area contributed by atoms with Crippen molar-refractivity contribution in [3.05, 3.63) is 101 Å². The van der Waals surface area contributed by atoms with Crippen molar-refractivity contribution in [3.8, 4) is 16.9 Å². The molecule has 0 amide bonds. The van der Waals surface area contributed by atoms with Gasteiger partial charge in [-0.3, -0.25) is 0 Å². The van der Waals surface area contributed by atoms with Crippen molar-refractivity contribution in [2.75, 3.05) is 13.7 Å². The summed E-state index contributed by atoms with van der Waals surface area (Å²) in [6.45, 7) is 3.90. The molecule has 0 radical (unpaired) electrons. The molecule has 1 aliphatic rings. The molecule has 0 aliphatic heterocycles. The van der Waals surface area contributed by atoms with E-state index in [1.807, 2.05) is 30.3 Å². The topological polar surface area (TPSA) is 18.5 Å². The van der Waals surface area contributed by atoms with E-state index < -0.39 is 11.7 Å². The Bertz CT molecular complexity index is 1210. The number of hydrogen-bond donors (Lipinski definition) is 0. The van der Waals surface area contributed by atoms with E-state index in [9.17, 15) is 13.2 Å². The van der Waals surface area contributed by atoms with Crippen molar-refractivity contribution in [3.63, 3.8) is 0 Å². The first-order valence-corrected chi connectivity index (χ1v) is 12.0. The van der Waals surface area contributed by atoms with E-state index in [0.717, 1.165) is 59.6 Å². The van der Waals surface area contributed by atoms with Gasteiger partial charge < -0.3 is 9.47 Å². The van der Waals surface area contributed by atoms with Gasteiger partial charge in [0.2, 0.25) is 0 Å². The SMILES string of the molecule is C=C=C(COc1ccc(SCc2ccccc2-c2ccc(C(F)(F)F)cc2)c2c1CCC2)OC. The number of thioether (sulfide) groups is 1. The fourth-order valence-electron chi connectivity index (χ4n) is 4.16. The highest BCUT2D eigenvalue weighted by Gasteiger charge is 2.30. The summed E-state index contributed by atoms with van der Waals surface area (Å²) in [6.07, 6.45) is -1.28. The molecule has 0 fully saturated rings. The van der Waals surface area contributed by atoms with E-state index >= 15 is 0 Å². The van der Waals surface area contributed by atoms with Gasteiger partial charge in [0.15, 0.2) is 12.4 Å².